The summed E-state index contributed by atoms with van der Waals surface area (Å²) in [4.78, 5) is 19.9. The molecule has 214 valence electrons. The van der Waals surface area contributed by atoms with E-state index in [2.05, 4.69) is 38.8 Å². The minimum absolute atomic E-state index is 0.219. The average Bonchev–Trinajstić information content (AvgIpc) is 3.36. The number of para-hydroxylation sites is 1. The van der Waals surface area contributed by atoms with Gasteiger partial charge in [-0.25, -0.2) is 9.82 Å². The molecule has 9 heteroatoms. The van der Waals surface area contributed by atoms with E-state index in [-0.39, 0.29) is 23.9 Å². The van der Waals surface area contributed by atoms with Crippen LogP contribution in [0.3, 0.4) is 0 Å². The minimum atomic E-state index is -0.244. The molecule has 4 aromatic rings. The largest absolute Gasteiger partial charge is 0.393 e. The van der Waals surface area contributed by atoms with Gasteiger partial charge in [0.15, 0.2) is 0 Å². The van der Waals surface area contributed by atoms with Crippen molar-refractivity contribution in [3.63, 3.8) is 0 Å². The summed E-state index contributed by atoms with van der Waals surface area (Å²) < 4.78 is 13.6. The summed E-state index contributed by atoms with van der Waals surface area (Å²) in [6, 6.07) is 18.7. The molecule has 3 N–H and O–H groups in total. The van der Waals surface area contributed by atoms with Gasteiger partial charge in [-0.1, -0.05) is 24.3 Å². The highest BCUT2D eigenvalue weighted by molar-refractivity contribution is 6.07. The number of hydrogen-bond donors (Lipinski definition) is 3. The Morgan fingerprint density at radius 1 is 0.976 bits per heavy atom. The number of amides is 1. The highest BCUT2D eigenvalue weighted by atomic mass is 19.1. The van der Waals surface area contributed by atoms with E-state index in [0.717, 1.165) is 85.3 Å². The van der Waals surface area contributed by atoms with Crippen molar-refractivity contribution in [1.29, 1.82) is 0 Å². The minimum Gasteiger partial charge on any atom is -0.393 e. The molecule has 1 saturated heterocycles. The smallest absolute Gasteiger partial charge is 0.273 e. The molecule has 0 radical (unpaired) electrons. The van der Waals surface area contributed by atoms with E-state index >= 15 is 0 Å². The standard InChI is InChI=1S/C32H37FN6O2/c1-37-14-16-38(17-15-37)31-28(6-3-7-29(31)35-26-9-11-27(40)12-10-26)32(41)36-39-30-13-8-23(19-24(30)21-34-39)18-22-4-2-5-25(33)20-22/h2-8,13,19-21,26-27,35,40H,9-12,14-18H2,1H3,(H,36,41). The van der Waals surface area contributed by atoms with Crippen LogP contribution in [-0.4, -0.2) is 71.2 Å². The number of carbonyl (C=O) groups is 1. The van der Waals surface area contributed by atoms with Crippen LogP contribution >= 0.6 is 0 Å². The van der Waals surface area contributed by atoms with Crippen LogP contribution in [0.2, 0.25) is 0 Å². The Labute approximate surface area is 239 Å². The molecular weight excluding hydrogens is 519 g/mol. The fourth-order valence-electron chi connectivity index (χ4n) is 5.97. The lowest BCUT2D eigenvalue weighted by atomic mass is 9.92. The van der Waals surface area contributed by atoms with Gasteiger partial charge in [0.25, 0.3) is 5.91 Å². The van der Waals surface area contributed by atoms with Gasteiger partial charge in [-0.3, -0.25) is 4.79 Å². The summed E-state index contributed by atoms with van der Waals surface area (Å²) in [6.07, 6.45) is 5.51. The molecule has 1 saturated carbocycles. The van der Waals surface area contributed by atoms with Gasteiger partial charge in [0.05, 0.1) is 34.8 Å². The molecule has 1 aromatic heterocycles. The maximum Gasteiger partial charge on any atom is 0.273 e. The molecule has 2 heterocycles. The highest BCUT2D eigenvalue weighted by Crippen LogP contribution is 2.34. The van der Waals surface area contributed by atoms with Gasteiger partial charge in [0, 0.05) is 37.6 Å². The average molecular weight is 557 g/mol. The molecule has 1 aliphatic heterocycles. The van der Waals surface area contributed by atoms with Crippen LogP contribution in [0.15, 0.2) is 66.9 Å². The first-order valence-electron chi connectivity index (χ1n) is 14.5. The Kier molecular flexibility index (Phi) is 7.89. The summed E-state index contributed by atoms with van der Waals surface area (Å²) in [7, 11) is 2.12. The molecule has 0 atom stereocenters. The molecule has 41 heavy (non-hydrogen) atoms. The third-order valence-electron chi connectivity index (χ3n) is 8.29. The lowest BCUT2D eigenvalue weighted by Crippen LogP contribution is -2.45. The number of piperazine rings is 1. The number of rotatable bonds is 7. The Bertz CT molecular complexity index is 1520. The second-order valence-electron chi connectivity index (χ2n) is 11.3. The predicted molar refractivity (Wildman–Crippen MR) is 161 cm³/mol. The zero-order chi connectivity index (χ0) is 28.3. The second kappa shape index (κ2) is 11.9. The van der Waals surface area contributed by atoms with Gasteiger partial charge in [-0.05, 0) is 86.7 Å². The lowest BCUT2D eigenvalue weighted by Gasteiger charge is -2.37. The van der Waals surface area contributed by atoms with Crippen molar-refractivity contribution in [2.45, 2.75) is 44.2 Å². The van der Waals surface area contributed by atoms with Crippen LogP contribution in [0.4, 0.5) is 15.8 Å². The molecule has 0 spiro atoms. The first-order valence-corrected chi connectivity index (χ1v) is 14.5. The van der Waals surface area contributed by atoms with Crippen molar-refractivity contribution in [3.8, 4) is 0 Å². The molecule has 8 nitrogen and oxygen atoms in total. The number of likely N-dealkylation sites (N-methyl/N-ethyl adjacent to an activating group) is 1. The Morgan fingerprint density at radius 3 is 2.51 bits per heavy atom. The number of anilines is 2. The number of aliphatic hydroxyl groups excluding tert-OH is 1. The van der Waals surface area contributed by atoms with Crippen LogP contribution in [-0.2, 0) is 6.42 Å². The van der Waals surface area contributed by atoms with E-state index in [1.807, 2.05) is 36.4 Å². The zero-order valence-electron chi connectivity index (χ0n) is 23.4. The molecule has 3 aromatic carbocycles. The summed E-state index contributed by atoms with van der Waals surface area (Å²) >= 11 is 0. The van der Waals surface area contributed by atoms with Gasteiger partial charge >= 0.3 is 0 Å². The number of hydrogen-bond acceptors (Lipinski definition) is 6. The van der Waals surface area contributed by atoms with E-state index in [1.165, 1.54) is 10.9 Å². The predicted octanol–water partition coefficient (Wildman–Crippen LogP) is 4.62. The number of aromatic nitrogens is 2. The van der Waals surface area contributed by atoms with Crippen LogP contribution in [0, 0.1) is 5.82 Å². The van der Waals surface area contributed by atoms with E-state index in [1.54, 1.807) is 18.3 Å². The van der Waals surface area contributed by atoms with E-state index in [9.17, 15) is 14.3 Å². The summed E-state index contributed by atoms with van der Waals surface area (Å²) in [5.74, 6) is -0.470. The molecule has 1 aliphatic carbocycles. The molecular formula is C32H37FN6O2. The van der Waals surface area contributed by atoms with Crippen LogP contribution in [0.25, 0.3) is 10.9 Å². The maximum atomic E-state index is 13.8. The van der Waals surface area contributed by atoms with Gasteiger partial charge in [-0.2, -0.15) is 9.89 Å². The fraction of sp³-hybridized carbons (Fsp3) is 0.375. The van der Waals surface area contributed by atoms with Crippen molar-refractivity contribution in [3.05, 3.63) is 89.4 Å². The second-order valence-corrected chi connectivity index (χ2v) is 11.3. The number of nitrogens with one attached hydrogen (secondary N) is 2. The number of nitrogens with zero attached hydrogens (tertiary/aromatic N) is 4. The Balaban J connectivity index is 1.25. The van der Waals surface area contributed by atoms with Crippen molar-refractivity contribution in [2.24, 2.45) is 0 Å². The van der Waals surface area contributed by atoms with E-state index in [0.29, 0.717) is 12.0 Å². The van der Waals surface area contributed by atoms with Crippen LogP contribution in [0.5, 0.6) is 0 Å². The number of aliphatic hydroxyl groups is 1. The van der Waals surface area contributed by atoms with Crippen molar-refractivity contribution in [1.82, 2.24) is 14.8 Å². The fourth-order valence-corrected chi connectivity index (χ4v) is 5.97. The SMILES string of the molecule is CN1CCN(c2c(NC3CCC(O)CC3)cccc2C(=O)Nn2ncc3cc(Cc4cccc(F)c4)ccc32)CC1. The Morgan fingerprint density at radius 2 is 1.73 bits per heavy atom. The van der Waals surface area contributed by atoms with Crippen LogP contribution in [0.1, 0.15) is 47.2 Å². The van der Waals surface area contributed by atoms with Crippen molar-refractivity contribution < 1.29 is 14.3 Å². The summed E-state index contributed by atoms with van der Waals surface area (Å²) in [6.45, 7) is 3.51. The van der Waals surface area contributed by atoms with Gasteiger partial charge in [0.1, 0.15) is 5.82 Å². The molecule has 6 rings (SSSR count). The van der Waals surface area contributed by atoms with Gasteiger partial charge < -0.3 is 20.2 Å². The van der Waals surface area contributed by atoms with Crippen molar-refractivity contribution >= 4 is 28.2 Å². The molecule has 2 aliphatic rings. The zero-order valence-corrected chi connectivity index (χ0v) is 23.4. The Hall–Kier alpha value is -3.95. The highest BCUT2D eigenvalue weighted by Gasteiger charge is 2.26. The number of carbonyl (C=O) groups excluding carboxylic acids is 1. The summed E-state index contributed by atoms with van der Waals surface area (Å²) in [5, 5.41) is 19.0. The third-order valence-corrected chi connectivity index (χ3v) is 8.29. The van der Waals surface area contributed by atoms with Crippen LogP contribution < -0.4 is 15.6 Å². The van der Waals surface area contributed by atoms with Gasteiger partial charge in [0.2, 0.25) is 0 Å². The molecule has 0 bridgehead atoms. The first-order chi connectivity index (χ1) is 19.9. The maximum absolute atomic E-state index is 13.8. The monoisotopic (exact) mass is 556 g/mol. The molecule has 2 fully saturated rings. The van der Waals surface area contributed by atoms with Gasteiger partial charge in [-0.15, -0.1) is 0 Å². The number of fused-ring (bicyclic) bond motifs is 1. The number of benzene rings is 3. The van der Waals surface area contributed by atoms with Crippen molar-refractivity contribution in [2.75, 3.05) is 48.9 Å². The third kappa shape index (κ3) is 6.21. The van der Waals surface area contributed by atoms with E-state index < -0.39 is 0 Å². The quantitative estimate of drug-likeness (QED) is 0.308. The molecule has 1 amide bonds. The molecule has 0 unspecified atom stereocenters. The lowest BCUT2D eigenvalue weighted by molar-refractivity contribution is 0.101. The van der Waals surface area contributed by atoms with E-state index in [4.69, 9.17) is 0 Å². The topological polar surface area (TPSA) is 85.7 Å². The summed E-state index contributed by atoms with van der Waals surface area (Å²) in [5.41, 5.74) is 8.20. The number of halogens is 1. The first kappa shape index (κ1) is 27.2. The normalized spacial score (nSPS) is 19.8.